The molecule has 0 spiro atoms. The summed E-state index contributed by atoms with van der Waals surface area (Å²) in [6, 6.07) is 12.4. The van der Waals surface area contributed by atoms with E-state index in [0.29, 0.717) is 16.8 Å². The first kappa shape index (κ1) is 14.6. The lowest BCUT2D eigenvalue weighted by Gasteiger charge is -2.07. The predicted octanol–water partition coefficient (Wildman–Crippen LogP) is 2.36. The van der Waals surface area contributed by atoms with Gasteiger partial charge < -0.3 is 16.3 Å². The highest BCUT2D eigenvalue weighted by molar-refractivity contribution is 6.00. The minimum absolute atomic E-state index is 0.113. The molecule has 2 aromatic rings. The van der Waals surface area contributed by atoms with Crippen LogP contribution in [0.2, 0.25) is 0 Å². The number of nitrogens with zero attached hydrogens (tertiary/aromatic N) is 1. The van der Waals surface area contributed by atoms with Crippen LogP contribution in [-0.4, -0.2) is 11.8 Å². The number of nitrogen functional groups attached to an aromatic ring is 1. The molecule has 5 heteroatoms. The zero-order valence-electron chi connectivity index (χ0n) is 12.0. The Labute approximate surface area is 123 Å². The maximum Gasteiger partial charge on any atom is 0.366 e. The Morgan fingerprint density at radius 2 is 1.71 bits per heavy atom. The van der Waals surface area contributed by atoms with Crippen molar-refractivity contribution < 1.29 is 9.63 Å². The lowest BCUT2D eigenvalue weighted by Crippen LogP contribution is -2.17. The number of anilines is 1. The second kappa shape index (κ2) is 6.09. The molecule has 0 amide bonds. The Morgan fingerprint density at radius 3 is 2.43 bits per heavy atom. The maximum absolute atomic E-state index is 11.9. The van der Waals surface area contributed by atoms with Gasteiger partial charge in [-0.05, 0) is 37.1 Å². The van der Waals surface area contributed by atoms with Crippen LogP contribution >= 0.6 is 0 Å². The molecule has 108 valence electrons. The monoisotopic (exact) mass is 283 g/mol. The molecule has 0 bridgehead atoms. The standard InChI is InChI=1S/C16H17N3O2/c1-10-6-3-4-7-12(10)16(20)21-19-15(18)13-8-5-9-14(17)11(13)2/h3-9H,17H2,1-2H3,(H2,18,19). The van der Waals surface area contributed by atoms with Crippen molar-refractivity contribution in [1.82, 2.24) is 0 Å². The van der Waals surface area contributed by atoms with Crippen molar-refractivity contribution in [3.63, 3.8) is 0 Å². The van der Waals surface area contributed by atoms with E-state index in [1.54, 1.807) is 30.3 Å². The quantitative estimate of drug-likeness (QED) is 0.297. The average molecular weight is 283 g/mol. The van der Waals surface area contributed by atoms with Gasteiger partial charge in [-0.15, -0.1) is 0 Å². The van der Waals surface area contributed by atoms with Crippen molar-refractivity contribution in [2.45, 2.75) is 13.8 Å². The molecule has 4 N–H and O–H groups in total. The summed E-state index contributed by atoms with van der Waals surface area (Å²) in [6.07, 6.45) is 0. The summed E-state index contributed by atoms with van der Waals surface area (Å²) in [5.41, 5.74) is 15.0. The number of oxime groups is 1. The van der Waals surface area contributed by atoms with Gasteiger partial charge in [0.1, 0.15) is 0 Å². The number of rotatable bonds is 3. The number of aryl methyl sites for hydroxylation is 1. The molecule has 2 rings (SSSR count). The zero-order chi connectivity index (χ0) is 15.4. The van der Waals surface area contributed by atoms with E-state index in [9.17, 15) is 4.79 Å². The molecule has 0 saturated heterocycles. The fraction of sp³-hybridized carbons (Fsp3) is 0.125. The van der Waals surface area contributed by atoms with Crippen LogP contribution in [0.1, 0.15) is 27.0 Å². The van der Waals surface area contributed by atoms with Crippen molar-refractivity contribution in [1.29, 1.82) is 0 Å². The second-order valence-corrected chi connectivity index (χ2v) is 4.69. The van der Waals surface area contributed by atoms with Crippen LogP contribution in [0.3, 0.4) is 0 Å². The molecule has 0 unspecified atom stereocenters. The van der Waals surface area contributed by atoms with E-state index < -0.39 is 5.97 Å². The van der Waals surface area contributed by atoms with E-state index in [1.165, 1.54) is 0 Å². The zero-order valence-corrected chi connectivity index (χ0v) is 12.0. The maximum atomic E-state index is 11.9. The molecule has 0 radical (unpaired) electrons. The lowest BCUT2D eigenvalue weighted by atomic mass is 10.1. The molecule has 0 saturated carbocycles. The van der Waals surface area contributed by atoms with Gasteiger partial charge in [0.25, 0.3) is 0 Å². The SMILES string of the molecule is Cc1ccccc1C(=O)O/N=C(\N)c1cccc(N)c1C. The molecule has 0 fully saturated rings. The van der Waals surface area contributed by atoms with Crippen molar-refractivity contribution in [3.8, 4) is 0 Å². The minimum atomic E-state index is -0.544. The second-order valence-electron chi connectivity index (χ2n) is 4.69. The van der Waals surface area contributed by atoms with Gasteiger partial charge in [-0.25, -0.2) is 4.79 Å². The Morgan fingerprint density at radius 1 is 1.05 bits per heavy atom. The van der Waals surface area contributed by atoms with Crippen LogP contribution in [0.15, 0.2) is 47.6 Å². The van der Waals surface area contributed by atoms with Gasteiger partial charge in [0.15, 0.2) is 5.84 Å². The lowest BCUT2D eigenvalue weighted by molar-refractivity contribution is 0.0515. The van der Waals surface area contributed by atoms with Crippen LogP contribution in [0.25, 0.3) is 0 Å². The first-order chi connectivity index (χ1) is 10.0. The summed E-state index contributed by atoms with van der Waals surface area (Å²) < 4.78 is 0. The Kier molecular flexibility index (Phi) is 4.23. The summed E-state index contributed by atoms with van der Waals surface area (Å²) in [5, 5.41) is 3.70. The van der Waals surface area contributed by atoms with Gasteiger partial charge in [0, 0.05) is 11.3 Å². The topological polar surface area (TPSA) is 90.7 Å². The Bertz CT molecular complexity index is 708. The molecule has 0 aromatic heterocycles. The van der Waals surface area contributed by atoms with Crippen LogP contribution in [0.4, 0.5) is 5.69 Å². The van der Waals surface area contributed by atoms with Gasteiger partial charge in [-0.1, -0.05) is 35.5 Å². The summed E-state index contributed by atoms with van der Waals surface area (Å²) in [4.78, 5) is 16.8. The molecule has 21 heavy (non-hydrogen) atoms. The highest BCUT2D eigenvalue weighted by Crippen LogP contribution is 2.15. The third-order valence-electron chi connectivity index (χ3n) is 3.24. The van der Waals surface area contributed by atoms with Crippen LogP contribution in [0.5, 0.6) is 0 Å². The molecule has 5 nitrogen and oxygen atoms in total. The van der Waals surface area contributed by atoms with Crippen LogP contribution < -0.4 is 11.5 Å². The smallest absolute Gasteiger partial charge is 0.366 e. The van der Waals surface area contributed by atoms with E-state index in [2.05, 4.69) is 5.16 Å². The van der Waals surface area contributed by atoms with Gasteiger partial charge in [-0.3, -0.25) is 0 Å². The van der Waals surface area contributed by atoms with E-state index >= 15 is 0 Å². The molecule has 0 atom stereocenters. The fourth-order valence-corrected chi connectivity index (χ4v) is 1.92. The highest BCUT2D eigenvalue weighted by Gasteiger charge is 2.11. The number of benzene rings is 2. The first-order valence-corrected chi connectivity index (χ1v) is 6.46. The van der Waals surface area contributed by atoms with Crippen molar-refractivity contribution in [2.75, 3.05) is 5.73 Å². The van der Waals surface area contributed by atoms with Crippen molar-refractivity contribution in [2.24, 2.45) is 10.9 Å². The number of carbonyl (C=O) groups excluding carboxylic acids is 1. The van der Waals surface area contributed by atoms with E-state index in [1.807, 2.05) is 26.0 Å². The molecular formula is C16H17N3O2. The largest absolute Gasteiger partial charge is 0.398 e. The third-order valence-corrected chi connectivity index (χ3v) is 3.24. The Hall–Kier alpha value is -2.82. The normalized spacial score (nSPS) is 11.2. The third kappa shape index (κ3) is 3.20. The van der Waals surface area contributed by atoms with Gasteiger partial charge in [0.2, 0.25) is 0 Å². The highest BCUT2D eigenvalue weighted by atomic mass is 16.7. The molecule has 0 heterocycles. The van der Waals surface area contributed by atoms with E-state index in [4.69, 9.17) is 16.3 Å². The molecule has 2 aromatic carbocycles. The van der Waals surface area contributed by atoms with E-state index in [0.717, 1.165) is 11.1 Å². The Balaban J connectivity index is 2.19. The van der Waals surface area contributed by atoms with Crippen LogP contribution in [-0.2, 0) is 4.84 Å². The number of nitrogens with two attached hydrogens (primary N) is 2. The minimum Gasteiger partial charge on any atom is -0.398 e. The number of carbonyl (C=O) groups is 1. The number of hydrogen-bond donors (Lipinski definition) is 2. The number of amidine groups is 1. The molecular weight excluding hydrogens is 266 g/mol. The van der Waals surface area contributed by atoms with Crippen LogP contribution in [0, 0.1) is 13.8 Å². The first-order valence-electron chi connectivity index (χ1n) is 6.46. The predicted molar refractivity (Wildman–Crippen MR) is 82.9 cm³/mol. The fourth-order valence-electron chi connectivity index (χ4n) is 1.92. The average Bonchev–Trinajstić information content (AvgIpc) is 2.47. The summed E-state index contributed by atoms with van der Waals surface area (Å²) >= 11 is 0. The van der Waals surface area contributed by atoms with Gasteiger partial charge in [-0.2, -0.15) is 0 Å². The van der Waals surface area contributed by atoms with Gasteiger partial charge >= 0.3 is 5.97 Å². The molecule has 0 aliphatic rings. The number of hydrogen-bond acceptors (Lipinski definition) is 4. The molecule has 0 aliphatic carbocycles. The summed E-state index contributed by atoms with van der Waals surface area (Å²) in [5.74, 6) is -0.431. The van der Waals surface area contributed by atoms with Gasteiger partial charge in [0.05, 0.1) is 5.56 Å². The van der Waals surface area contributed by atoms with Crippen molar-refractivity contribution in [3.05, 3.63) is 64.7 Å². The van der Waals surface area contributed by atoms with E-state index in [-0.39, 0.29) is 5.84 Å². The summed E-state index contributed by atoms with van der Waals surface area (Å²) in [7, 11) is 0. The van der Waals surface area contributed by atoms with Crippen molar-refractivity contribution >= 4 is 17.5 Å². The molecule has 0 aliphatic heterocycles. The summed E-state index contributed by atoms with van der Waals surface area (Å²) in [6.45, 7) is 3.65.